The molecule has 1 heterocycles. The van der Waals surface area contributed by atoms with Gasteiger partial charge in [-0.3, -0.25) is 0 Å². The summed E-state index contributed by atoms with van der Waals surface area (Å²) in [6.45, 7) is 0.0303. The molecular formula is C19H15ClF2N6O. The Labute approximate surface area is 169 Å². The van der Waals surface area contributed by atoms with Crippen LogP contribution in [0.15, 0.2) is 42.7 Å². The van der Waals surface area contributed by atoms with E-state index in [2.05, 4.69) is 20.6 Å². The number of hydrogen-bond donors (Lipinski definition) is 4. The Morgan fingerprint density at radius 2 is 1.97 bits per heavy atom. The van der Waals surface area contributed by atoms with Gasteiger partial charge in [0, 0.05) is 18.3 Å². The van der Waals surface area contributed by atoms with Gasteiger partial charge >= 0.3 is 6.03 Å². The number of carbonyl (C=O) groups is 1. The molecule has 2 aromatic carbocycles. The predicted molar refractivity (Wildman–Crippen MR) is 107 cm³/mol. The molecule has 0 unspecified atom stereocenters. The lowest BCUT2D eigenvalue weighted by atomic mass is 10.1. The van der Waals surface area contributed by atoms with Crippen LogP contribution in [0.4, 0.5) is 25.1 Å². The van der Waals surface area contributed by atoms with Crippen LogP contribution in [0, 0.1) is 17.0 Å². The molecule has 2 amide bonds. The number of nitrogens with zero attached hydrogens (tertiary/aromatic N) is 2. The molecule has 3 aromatic rings. The second-order valence-corrected chi connectivity index (χ2v) is 6.32. The number of carbonyl (C=O) groups excluding carboxylic acids is 1. The first-order chi connectivity index (χ1) is 13.9. The summed E-state index contributed by atoms with van der Waals surface area (Å²) in [5.74, 6) is -1.20. The standard InChI is InChI=1S/C19H15ClF2N6O/c20-13-3-1-10(5-14(13)21)8-25-19(29)28-16-4-2-11(6-15(16)22)17-12(7-23)18(24)27-9-26-17/h1-7,9,23H,8H2,(H2,24,26,27)(H2,25,28,29). The fourth-order valence-corrected chi connectivity index (χ4v) is 2.66. The van der Waals surface area contributed by atoms with Crippen molar-refractivity contribution in [1.82, 2.24) is 15.3 Å². The summed E-state index contributed by atoms with van der Waals surface area (Å²) in [4.78, 5) is 19.9. The molecule has 0 saturated heterocycles. The average Bonchev–Trinajstić information content (AvgIpc) is 2.70. The number of rotatable bonds is 5. The molecule has 148 valence electrons. The third-order valence-corrected chi connectivity index (χ3v) is 4.29. The summed E-state index contributed by atoms with van der Waals surface area (Å²) in [5, 5.41) is 12.3. The van der Waals surface area contributed by atoms with E-state index in [1.807, 2.05) is 0 Å². The minimum Gasteiger partial charge on any atom is -0.383 e. The number of anilines is 2. The number of hydrogen-bond acceptors (Lipinski definition) is 5. The van der Waals surface area contributed by atoms with Crippen LogP contribution in [-0.4, -0.2) is 22.2 Å². The van der Waals surface area contributed by atoms with Crippen molar-refractivity contribution < 1.29 is 13.6 Å². The number of urea groups is 1. The first-order valence-electron chi connectivity index (χ1n) is 8.28. The van der Waals surface area contributed by atoms with Crippen LogP contribution >= 0.6 is 11.6 Å². The van der Waals surface area contributed by atoms with E-state index >= 15 is 0 Å². The van der Waals surface area contributed by atoms with Crippen LogP contribution < -0.4 is 16.4 Å². The lowest BCUT2D eigenvalue weighted by molar-refractivity contribution is 0.251. The maximum Gasteiger partial charge on any atom is 0.319 e. The number of nitrogen functional groups attached to an aromatic ring is 1. The summed E-state index contributed by atoms with van der Waals surface area (Å²) in [7, 11) is 0. The summed E-state index contributed by atoms with van der Waals surface area (Å²) in [6, 6.07) is 7.53. The highest BCUT2D eigenvalue weighted by Gasteiger charge is 2.13. The molecule has 5 N–H and O–H groups in total. The Morgan fingerprint density at radius 1 is 1.17 bits per heavy atom. The van der Waals surface area contributed by atoms with E-state index < -0.39 is 17.7 Å². The first-order valence-corrected chi connectivity index (χ1v) is 8.66. The van der Waals surface area contributed by atoms with Gasteiger partial charge in [-0.15, -0.1) is 0 Å². The normalized spacial score (nSPS) is 10.4. The molecule has 0 spiro atoms. The molecule has 0 fully saturated rings. The molecule has 0 atom stereocenters. The van der Waals surface area contributed by atoms with Crippen molar-refractivity contribution in [3.8, 4) is 11.3 Å². The predicted octanol–water partition coefficient (Wildman–Crippen LogP) is 3.98. The molecule has 0 aliphatic rings. The second-order valence-electron chi connectivity index (χ2n) is 5.92. The zero-order valence-electron chi connectivity index (χ0n) is 14.8. The SMILES string of the molecule is N=Cc1c(N)ncnc1-c1ccc(NC(=O)NCc2ccc(Cl)c(F)c2)c(F)c1. The molecule has 3 rings (SSSR count). The Balaban J connectivity index is 1.70. The molecule has 0 aliphatic heterocycles. The second kappa shape index (κ2) is 8.61. The zero-order valence-corrected chi connectivity index (χ0v) is 15.6. The van der Waals surface area contributed by atoms with Crippen LogP contribution in [0.1, 0.15) is 11.1 Å². The van der Waals surface area contributed by atoms with Gasteiger partial charge in [-0.2, -0.15) is 0 Å². The summed E-state index contributed by atoms with van der Waals surface area (Å²) in [6.07, 6.45) is 2.20. The molecular weight excluding hydrogens is 402 g/mol. The minimum absolute atomic E-state index is 0.0167. The van der Waals surface area contributed by atoms with Crippen molar-refractivity contribution in [2.45, 2.75) is 6.54 Å². The number of halogens is 3. The lowest BCUT2D eigenvalue weighted by Crippen LogP contribution is -2.28. The minimum atomic E-state index is -0.705. The number of nitrogens with two attached hydrogens (primary N) is 1. The van der Waals surface area contributed by atoms with Crippen molar-refractivity contribution in [2.75, 3.05) is 11.1 Å². The first kappa shape index (κ1) is 20.2. The monoisotopic (exact) mass is 416 g/mol. The Morgan fingerprint density at radius 3 is 2.66 bits per heavy atom. The third-order valence-electron chi connectivity index (χ3n) is 3.99. The van der Waals surface area contributed by atoms with Crippen LogP contribution in [0.3, 0.4) is 0 Å². The van der Waals surface area contributed by atoms with Gasteiger partial charge in [0.05, 0.1) is 22.0 Å². The number of amides is 2. The maximum absolute atomic E-state index is 14.5. The highest BCUT2D eigenvalue weighted by atomic mass is 35.5. The topological polar surface area (TPSA) is 117 Å². The smallest absolute Gasteiger partial charge is 0.319 e. The van der Waals surface area contributed by atoms with Gasteiger partial charge in [0.1, 0.15) is 23.8 Å². The van der Waals surface area contributed by atoms with Gasteiger partial charge in [-0.05, 0) is 29.8 Å². The van der Waals surface area contributed by atoms with Crippen molar-refractivity contribution in [3.05, 3.63) is 70.5 Å². The lowest BCUT2D eigenvalue weighted by Gasteiger charge is -2.11. The van der Waals surface area contributed by atoms with Gasteiger partial charge in [-0.25, -0.2) is 23.5 Å². The number of nitrogens with one attached hydrogen (secondary N) is 3. The van der Waals surface area contributed by atoms with Gasteiger partial charge in [-0.1, -0.05) is 23.7 Å². The maximum atomic E-state index is 14.5. The van der Waals surface area contributed by atoms with E-state index in [-0.39, 0.29) is 28.6 Å². The average molecular weight is 417 g/mol. The Hall–Kier alpha value is -3.59. The molecule has 0 bridgehead atoms. The van der Waals surface area contributed by atoms with Crippen LogP contribution in [0.2, 0.25) is 5.02 Å². The van der Waals surface area contributed by atoms with Crippen LogP contribution in [0.25, 0.3) is 11.3 Å². The molecule has 0 saturated carbocycles. The molecule has 1 aromatic heterocycles. The van der Waals surface area contributed by atoms with E-state index in [4.69, 9.17) is 22.7 Å². The zero-order chi connectivity index (χ0) is 21.0. The van der Waals surface area contributed by atoms with Crippen molar-refractivity contribution >= 4 is 35.4 Å². The number of benzene rings is 2. The molecule has 7 nitrogen and oxygen atoms in total. The van der Waals surface area contributed by atoms with E-state index in [1.54, 1.807) is 6.07 Å². The third kappa shape index (κ3) is 4.64. The van der Waals surface area contributed by atoms with E-state index in [0.717, 1.165) is 6.21 Å². The van der Waals surface area contributed by atoms with Crippen LogP contribution in [0.5, 0.6) is 0 Å². The molecule has 0 aliphatic carbocycles. The summed E-state index contributed by atoms with van der Waals surface area (Å²) >= 11 is 5.61. The molecule has 29 heavy (non-hydrogen) atoms. The largest absolute Gasteiger partial charge is 0.383 e. The van der Waals surface area contributed by atoms with E-state index in [0.29, 0.717) is 16.8 Å². The van der Waals surface area contributed by atoms with Gasteiger partial charge in [0.15, 0.2) is 0 Å². The quantitative estimate of drug-likeness (QED) is 0.470. The van der Waals surface area contributed by atoms with E-state index in [9.17, 15) is 13.6 Å². The molecule has 0 radical (unpaired) electrons. The van der Waals surface area contributed by atoms with Gasteiger partial charge < -0.3 is 21.8 Å². The number of aromatic nitrogens is 2. The van der Waals surface area contributed by atoms with Crippen molar-refractivity contribution in [2.24, 2.45) is 0 Å². The summed E-state index contributed by atoms with van der Waals surface area (Å²) < 4.78 is 27.9. The Bertz CT molecular complexity index is 1090. The van der Waals surface area contributed by atoms with E-state index in [1.165, 1.54) is 36.7 Å². The molecule has 10 heteroatoms. The summed E-state index contributed by atoms with van der Waals surface area (Å²) in [5.41, 5.74) is 7.08. The highest BCUT2D eigenvalue weighted by Crippen LogP contribution is 2.26. The fraction of sp³-hybridized carbons (Fsp3) is 0.0526. The van der Waals surface area contributed by atoms with Gasteiger partial charge in [0.2, 0.25) is 0 Å². The van der Waals surface area contributed by atoms with Crippen molar-refractivity contribution in [1.29, 1.82) is 5.41 Å². The Kier molecular flexibility index (Phi) is 5.99. The van der Waals surface area contributed by atoms with Crippen molar-refractivity contribution in [3.63, 3.8) is 0 Å². The fourth-order valence-electron chi connectivity index (χ4n) is 2.54. The van der Waals surface area contributed by atoms with Gasteiger partial charge in [0.25, 0.3) is 0 Å². The highest BCUT2D eigenvalue weighted by molar-refractivity contribution is 6.30. The van der Waals surface area contributed by atoms with Crippen LogP contribution in [-0.2, 0) is 6.54 Å².